The van der Waals surface area contributed by atoms with E-state index in [0.717, 1.165) is 44.9 Å². The third-order valence-electron chi connectivity index (χ3n) is 13.0. The minimum absolute atomic E-state index is 0.0827. The Morgan fingerprint density at radius 3 is 2.27 bits per heavy atom. The van der Waals surface area contributed by atoms with E-state index in [1.54, 1.807) is 24.3 Å². The number of hydrogen-bond acceptors (Lipinski definition) is 6. The van der Waals surface area contributed by atoms with E-state index in [-0.39, 0.29) is 38.7 Å². The first-order chi connectivity index (χ1) is 20.8. The lowest BCUT2D eigenvalue weighted by molar-refractivity contribution is -0.174. The highest BCUT2D eigenvalue weighted by Crippen LogP contribution is 2.68. The summed E-state index contributed by atoms with van der Waals surface area (Å²) in [6, 6.07) is 12.4. The van der Waals surface area contributed by atoms with Gasteiger partial charge in [-0.15, -0.1) is 0 Å². The van der Waals surface area contributed by atoms with Gasteiger partial charge in [-0.1, -0.05) is 20.8 Å². The number of amides is 1. The molecule has 1 amide bonds. The molecule has 7 nitrogen and oxygen atoms in total. The van der Waals surface area contributed by atoms with Crippen LogP contribution in [0.5, 0.6) is 0 Å². The van der Waals surface area contributed by atoms with Crippen LogP contribution in [0.1, 0.15) is 85.0 Å². The molecule has 4 saturated carbocycles. The molecule has 8 heteroatoms. The summed E-state index contributed by atoms with van der Waals surface area (Å²) >= 11 is 0. The molecule has 0 aromatic heterocycles. The molecule has 4 aliphatic carbocycles. The molecular weight excluding hydrogens is 572 g/mol. The summed E-state index contributed by atoms with van der Waals surface area (Å²) < 4.78 is 25.9. The Morgan fingerprint density at radius 1 is 0.932 bits per heavy atom. The van der Waals surface area contributed by atoms with E-state index < -0.39 is 9.84 Å². The second-order valence-corrected chi connectivity index (χ2v) is 17.0. The predicted molar refractivity (Wildman–Crippen MR) is 172 cm³/mol. The molecule has 4 aliphatic rings. The minimum Gasteiger partial charge on any atom is -0.399 e. The number of hydrogen-bond donors (Lipinski definition) is 4. The van der Waals surface area contributed by atoms with Crippen molar-refractivity contribution in [2.45, 2.75) is 107 Å². The van der Waals surface area contributed by atoms with E-state index in [2.05, 4.69) is 26.1 Å². The maximum atomic E-state index is 13.0. The van der Waals surface area contributed by atoms with Crippen molar-refractivity contribution in [1.29, 1.82) is 0 Å². The first-order valence-electron chi connectivity index (χ1n) is 16.7. The zero-order valence-corrected chi connectivity index (χ0v) is 27.2. The van der Waals surface area contributed by atoms with E-state index in [1.807, 2.05) is 0 Å². The van der Waals surface area contributed by atoms with Crippen molar-refractivity contribution in [3.8, 4) is 0 Å². The van der Waals surface area contributed by atoms with Gasteiger partial charge < -0.3 is 21.3 Å². The fraction of sp³-hybridized carbons (Fsp3) is 0.639. The number of nitrogen functional groups attached to an aromatic ring is 1. The highest BCUT2D eigenvalue weighted by molar-refractivity contribution is 7.91. The Hall–Kier alpha value is -2.42. The molecule has 0 bridgehead atoms. The molecule has 2 aromatic carbocycles. The van der Waals surface area contributed by atoms with Crippen molar-refractivity contribution in [1.82, 2.24) is 0 Å². The molecule has 0 aliphatic heterocycles. The molecule has 4 fully saturated rings. The second kappa shape index (κ2) is 11.7. The van der Waals surface area contributed by atoms with Crippen molar-refractivity contribution in [2.24, 2.45) is 46.3 Å². The molecule has 0 spiro atoms. The lowest BCUT2D eigenvalue weighted by atomic mass is 9.43. The number of carbonyl (C=O) groups excluding carboxylic acids is 1. The van der Waals surface area contributed by atoms with Crippen LogP contribution >= 0.6 is 0 Å². The first-order valence-corrected chi connectivity index (χ1v) is 18.2. The number of aliphatic hydroxyl groups is 2. The molecule has 0 heterocycles. The fourth-order valence-electron chi connectivity index (χ4n) is 10.4. The smallest absolute Gasteiger partial charge is 0.224 e. The Balaban J connectivity index is 1.06. The Kier molecular flexibility index (Phi) is 8.42. The molecule has 44 heavy (non-hydrogen) atoms. The van der Waals surface area contributed by atoms with Gasteiger partial charge in [0.2, 0.25) is 15.7 Å². The van der Waals surface area contributed by atoms with E-state index in [9.17, 15) is 23.4 Å². The molecule has 10 atom stereocenters. The minimum atomic E-state index is -3.67. The predicted octanol–water partition coefficient (Wildman–Crippen LogP) is 6.45. The number of sulfone groups is 1. The maximum absolute atomic E-state index is 13.0. The van der Waals surface area contributed by atoms with Crippen molar-refractivity contribution in [3.63, 3.8) is 0 Å². The average molecular weight is 623 g/mol. The van der Waals surface area contributed by atoms with Gasteiger partial charge in [-0.2, -0.15) is 0 Å². The molecule has 6 rings (SSSR count). The van der Waals surface area contributed by atoms with Crippen LogP contribution in [-0.4, -0.2) is 36.7 Å². The third-order valence-corrected chi connectivity index (χ3v) is 14.8. The van der Waals surface area contributed by atoms with Crippen LogP contribution in [0, 0.1) is 46.3 Å². The van der Waals surface area contributed by atoms with Gasteiger partial charge in [-0.25, -0.2) is 8.42 Å². The first kappa shape index (κ1) is 31.6. The van der Waals surface area contributed by atoms with Crippen molar-refractivity contribution >= 4 is 27.1 Å². The molecule has 0 saturated heterocycles. The third kappa shape index (κ3) is 5.39. The van der Waals surface area contributed by atoms with Gasteiger partial charge in [0.25, 0.3) is 0 Å². The number of carbonyl (C=O) groups is 1. The topological polar surface area (TPSA) is 130 Å². The average Bonchev–Trinajstić information content (AvgIpc) is 3.36. The van der Waals surface area contributed by atoms with Crippen LogP contribution in [0.4, 0.5) is 11.4 Å². The molecule has 0 unspecified atom stereocenters. The SMILES string of the molecule is C[C@@H](CCC(=O)Nc1ccc(S(=O)(=O)c2ccc(N)cc2)cc1)[C@H]1CC[C@H]2[C@@H]3CC[C@H]4C[C@@H](O)CC[C@]4(C)[C@H]3C[C@@H](O)[C@]12C. The molecule has 2 aromatic rings. The Morgan fingerprint density at radius 2 is 1.59 bits per heavy atom. The van der Waals surface area contributed by atoms with Gasteiger partial charge in [0.1, 0.15) is 0 Å². The van der Waals surface area contributed by atoms with Crippen LogP contribution in [0.15, 0.2) is 58.3 Å². The summed E-state index contributed by atoms with van der Waals surface area (Å²) in [5.41, 5.74) is 6.86. The highest BCUT2D eigenvalue weighted by atomic mass is 32.2. The normalized spacial score (nSPS) is 37.3. The van der Waals surface area contributed by atoms with Crippen LogP contribution in [-0.2, 0) is 14.6 Å². The second-order valence-electron chi connectivity index (χ2n) is 15.0. The Bertz CT molecular complexity index is 1460. The molecule has 5 N–H and O–H groups in total. The molecule has 240 valence electrons. The summed E-state index contributed by atoms with van der Waals surface area (Å²) in [5.74, 6) is 2.88. The van der Waals surface area contributed by atoms with Gasteiger partial charge in [-0.05, 0) is 153 Å². The lowest BCUT2D eigenvalue weighted by Crippen LogP contribution is -2.58. The summed E-state index contributed by atoms with van der Waals surface area (Å²) in [7, 11) is -3.67. The fourth-order valence-corrected chi connectivity index (χ4v) is 11.7. The monoisotopic (exact) mass is 622 g/mol. The number of benzene rings is 2. The van der Waals surface area contributed by atoms with E-state index >= 15 is 0 Å². The number of anilines is 2. The summed E-state index contributed by atoms with van der Waals surface area (Å²) in [4.78, 5) is 13.3. The van der Waals surface area contributed by atoms with Gasteiger partial charge in [0.05, 0.1) is 22.0 Å². The van der Waals surface area contributed by atoms with Crippen molar-refractivity contribution in [3.05, 3.63) is 48.5 Å². The van der Waals surface area contributed by atoms with Crippen LogP contribution in [0.3, 0.4) is 0 Å². The van der Waals surface area contributed by atoms with Crippen LogP contribution in [0.2, 0.25) is 0 Å². The number of fused-ring (bicyclic) bond motifs is 5. The lowest BCUT2D eigenvalue weighted by Gasteiger charge is -2.62. The summed E-state index contributed by atoms with van der Waals surface area (Å²) in [6.45, 7) is 7.05. The van der Waals surface area contributed by atoms with Crippen molar-refractivity contribution < 1.29 is 23.4 Å². The number of rotatable bonds is 7. The number of nitrogens with two attached hydrogens (primary N) is 1. The van der Waals surface area contributed by atoms with Gasteiger partial charge in [-0.3, -0.25) is 4.79 Å². The van der Waals surface area contributed by atoms with E-state index in [4.69, 9.17) is 5.73 Å². The quantitative estimate of drug-likeness (QED) is 0.263. The summed E-state index contributed by atoms with van der Waals surface area (Å²) in [5, 5.41) is 25.1. The van der Waals surface area contributed by atoms with Gasteiger partial charge >= 0.3 is 0 Å². The number of aliphatic hydroxyl groups excluding tert-OH is 2. The zero-order valence-electron chi connectivity index (χ0n) is 26.4. The highest BCUT2D eigenvalue weighted by Gasteiger charge is 2.63. The number of nitrogens with one attached hydrogen (secondary N) is 1. The van der Waals surface area contributed by atoms with Gasteiger partial charge in [0, 0.05) is 17.8 Å². The van der Waals surface area contributed by atoms with Crippen LogP contribution < -0.4 is 11.1 Å². The van der Waals surface area contributed by atoms with Crippen molar-refractivity contribution in [2.75, 3.05) is 11.1 Å². The molecular formula is C36H50N2O5S. The van der Waals surface area contributed by atoms with E-state index in [1.165, 1.54) is 37.1 Å². The molecule has 0 radical (unpaired) electrons. The zero-order chi connectivity index (χ0) is 31.4. The summed E-state index contributed by atoms with van der Waals surface area (Å²) in [6.07, 6.45) is 9.08. The Labute approximate surface area is 262 Å². The van der Waals surface area contributed by atoms with Crippen LogP contribution in [0.25, 0.3) is 0 Å². The van der Waals surface area contributed by atoms with Gasteiger partial charge in [0.15, 0.2) is 0 Å². The maximum Gasteiger partial charge on any atom is 0.224 e. The van der Waals surface area contributed by atoms with E-state index in [0.29, 0.717) is 53.3 Å². The largest absolute Gasteiger partial charge is 0.399 e. The standard InChI is InChI=1S/C36H50N2O5S/c1-22(4-17-34(41)38-25-8-12-28(13-9-25)44(42,43)27-10-6-24(37)7-11-27)30-15-16-31-29-14-5-23-20-26(39)18-19-35(23,2)32(29)21-33(40)36(30,31)3/h6-13,22-23,26,29-33,39-40H,4-5,14-21,37H2,1-3H3,(H,38,41)/t22-,23-,26-,29-,30+,31-,32-,33+,35-,36+/m0/s1.